The average molecular weight is 179 g/mol. The van der Waals surface area contributed by atoms with Gasteiger partial charge in [0.1, 0.15) is 18.8 Å². The van der Waals surface area contributed by atoms with Crippen molar-refractivity contribution in [3.8, 4) is 0 Å². The van der Waals surface area contributed by atoms with E-state index in [0.717, 1.165) is 6.61 Å². The number of hydrogen-bond acceptors (Lipinski definition) is 5. The van der Waals surface area contributed by atoms with Crippen molar-refractivity contribution in [2.75, 3.05) is 6.61 Å². The molecule has 0 aromatic heterocycles. The Hall–Kier alpha value is -0.0600. The molecule has 0 aromatic rings. The summed E-state index contributed by atoms with van der Waals surface area (Å²) in [4.78, 5) is 0. The van der Waals surface area contributed by atoms with Crippen molar-refractivity contribution < 1.29 is 24.6 Å². The lowest BCUT2D eigenvalue weighted by atomic mass is 10.1. The van der Waals surface area contributed by atoms with E-state index in [1.54, 1.807) is 0 Å². The SMILES string of the molecule is O=P[C@]1(O)[C@@H](O)[CH]O[C@@H]1CO. The number of ether oxygens (including phenoxy) is 1. The molecule has 3 atom stereocenters. The topological polar surface area (TPSA) is 87.0 Å². The van der Waals surface area contributed by atoms with Crippen LogP contribution in [0.3, 0.4) is 0 Å². The minimum atomic E-state index is -1.89. The van der Waals surface area contributed by atoms with Gasteiger partial charge in [-0.2, -0.15) is 0 Å². The predicted molar refractivity (Wildman–Crippen MR) is 34.8 cm³/mol. The smallest absolute Gasteiger partial charge is 0.201 e. The van der Waals surface area contributed by atoms with Crippen LogP contribution in [0.2, 0.25) is 0 Å². The van der Waals surface area contributed by atoms with Crippen LogP contribution in [0, 0.1) is 6.61 Å². The zero-order valence-electron chi connectivity index (χ0n) is 5.54. The van der Waals surface area contributed by atoms with E-state index in [2.05, 4.69) is 4.74 Å². The van der Waals surface area contributed by atoms with Gasteiger partial charge in [0.15, 0.2) is 8.46 Å². The molecule has 5 nitrogen and oxygen atoms in total. The fraction of sp³-hybridized carbons (Fsp3) is 0.800. The number of aliphatic hydroxyl groups is 3. The van der Waals surface area contributed by atoms with Gasteiger partial charge in [0.2, 0.25) is 5.34 Å². The minimum absolute atomic E-state index is 0.487. The van der Waals surface area contributed by atoms with E-state index >= 15 is 0 Å². The highest BCUT2D eigenvalue weighted by Crippen LogP contribution is 2.37. The Kier molecular flexibility index (Phi) is 2.57. The monoisotopic (exact) mass is 179 g/mol. The molecule has 63 valence electrons. The normalized spacial score (nSPS) is 45.0. The van der Waals surface area contributed by atoms with Crippen LogP contribution in [0.4, 0.5) is 0 Å². The summed E-state index contributed by atoms with van der Waals surface area (Å²) in [5.41, 5.74) is 0. The van der Waals surface area contributed by atoms with Gasteiger partial charge in [0, 0.05) is 0 Å². The summed E-state index contributed by atoms with van der Waals surface area (Å²) in [6, 6.07) is 0. The number of aliphatic hydroxyl groups excluding tert-OH is 2. The Morgan fingerprint density at radius 1 is 1.73 bits per heavy atom. The van der Waals surface area contributed by atoms with Gasteiger partial charge in [-0.05, 0) is 0 Å². The highest BCUT2D eigenvalue weighted by atomic mass is 31.1. The van der Waals surface area contributed by atoms with Crippen molar-refractivity contribution in [2.24, 2.45) is 0 Å². The summed E-state index contributed by atoms with van der Waals surface area (Å²) in [6.07, 6.45) is -2.34. The van der Waals surface area contributed by atoms with Crippen LogP contribution >= 0.6 is 8.46 Å². The highest BCUT2D eigenvalue weighted by Gasteiger charge is 2.51. The summed E-state index contributed by atoms with van der Waals surface area (Å²) in [7, 11) is -0.657. The molecule has 11 heavy (non-hydrogen) atoms. The molecular formula is C5H8O5P. The van der Waals surface area contributed by atoms with E-state index < -0.39 is 32.6 Å². The zero-order valence-corrected chi connectivity index (χ0v) is 6.44. The van der Waals surface area contributed by atoms with Gasteiger partial charge in [0.05, 0.1) is 6.61 Å². The molecule has 0 aliphatic carbocycles. The molecule has 0 saturated carbocycles. The lowest BCUT2D eigenvalue weighted by Crippen LogP contribution is -2.42. The maximum Gasteiger partial charge on any atom is 0.201 e. The van der Waals surface area contributed by atoms with Crippen molar-refractivity contribution in [1.82, 2.24) is 0 Å². The fourth-order valence-electron chi connectivity index (χ4n) is 0.850. The predicted octanol–water partition coefficient (Wildman–Crippen LogP) is -1.12. The van der Waals surface area contributed by atoms with E-state index in [9.17, 15) is 9.67 Å². The van der Waals surface area contributed by atoms with Crippen LogP contribution in [0.25, 0.3) is 0 Å². The van der Waals surface area contributed by atoms with Crippen LogP contribution < -0.4 is 0 Å². The highest BCUT2D eigenvalue weighted by molar-refractivity contribution is 7.25. The molecular weight excluding hydrogens is 171 g/mol. The molecule has 1 saturated heterocycles. The summed E-state index contributed by atoms with van der Waals surface area (Å²) >= 11 is 0. The van der Waals surface area contributed by atoms with Crippen LogP contribution in [0.1, 0.15) is 0 Å². The molecule has 0 aromatic carbocycles. The molecule has 1 rings (SSSR count). The van der Waals surface area contributed by atoms with Crippen LogP contribution in [-0.2, 0) is 9.30 Å². The molecule has 0 bridgehead atoms. The first-order chi connectivity index (χ1) is 5.15. The largest absolute Gasteiger partial charge is 0.394 e. The van der Waals surface area contributed by atoms with Gasteiger partial charge < -0.3 is 20.1 Å². The Labute approximate surface area is 64.8 Å². The summed E-state index contributed by atoms with van der Waals surface area (Å²) in [5, 5.41) is 25.0. The van der Waals surface area contributed by atoms with Crippen molar-refractivity contribution in [3.05, 3.63) is 6.61 Å². The van der Waals surface area contributed by atoms with Gasteiger partial charge in [-0.25, -0.2) is 0 Å². The van der Waals surface area contributed by atoms with E-state index in [4.69, 9.17) is 10.2 Å². The summed E-state index contributed by atoms with van der Waals surface area (Å²) in [6.45, 7) is 0.463. The van der Waals surface area contributed by atoms with E-state index in [1.807, 2.05) is 0 Å². The lowest BCUT2D eigenvalue weighted by Gasteiger charge is -2.21. The van der Waals surface area contributed by atoms with Gasteiger partial charge >= 0.3 is 0 Å². The summed E-state index contributed by atoms with van der Waals surface area (Å²) in [5.74, 6) is 0. The van der Waals surface area contributed by atoms with Crippen LogP contribution in [-0.4, -0.2) is 39.5 Å². The second kappa shape index (κ2) is 3.13. The molecule has 0 unspecified atom stereocenters. The van der Waals surface area contributed by atoms with Crippen molar-refractivity contribution >= 4 is 8.46 Å². The molecule has 1 fully saturated rings. The molecule has 1 radical (unpaired) electrons. The first kappa shape index (κ1) is 9.03. The first-order valence-corrected chi connectivity index (χ1v) is 3.81. The van der Waals surface area contributed by atoms with Gasteiger partial charge in [-0.3, -0.25) is 4.57 Å². The first-order valence-electron chi connectivity index (χ1n) is 2.99. The maximum absolute atomic E-state index is 10.4. The third kappa shape index (κ3) is 1.30. The van der Waals surface area contributed by atoms with Gasteiger partial charge in [-0.1, -0.05) is 0 Å². The molecule has 3 N–H and O–H groups in total. The minimum Gasteiger partial charge on any atom is -0.394 e. The third-order valence-electron chi connectivity index (χ3n) is 1.59. The van der Waals surface area contributed by atoms with E-state index in [0.29, 0.717) is 0 Å². The second-order valence-electron chi connectivity index (χ2n) is 2.26. The van der Waals surface area contributed by atoms with Crippen LogP contribution in [0.15, 0.2) is 0 Å². The molecule has 0 spiro atoms. The molecule has 6 heteroatoms. The Morgan fingerprint density at radius 3 is 2.73 bits per heavy atom. The van der Waals surface area contributed by atoms with Gasteiger partial charge in [0.25, 0.3) is 0 Å². The second-order valence-corrected chi connectivity index (χ2v) is 3.16. The maximum atomic E-state index is 10.4. The average Bonchev–Trinajstić information content (AvgIpc) is 2.30. The Morgan fingerprint density at radius 2 is 2.36 bits per heavy atom. The van der Waals surface area contributed by atoms with E-state index in [1.165, 1.54) is 0 Å². The fourth-order valence-corrected chi connectivity index (χ4v) is 1.28. The van der Waals surface area contributed by atoms with Gasteiger partial charge in [-0.15, -0.1) is 0 Å². The van der Waals surface area contributed by atoms with Crippen molar-refractivity contribution in [2.45, 2.75) is 17.6 Å². The summed E-state index contributed by atoms with van der Waals surface area (Å²) < 4.78 is 15.0. The molecule has 0 amide bonds. The molecule has 1 aliphatic heterocycles. The number of rotatable bonds is 2. The van der Waals surface area contributed by atoms with Crippen molar-refractivity contribution in [3.63, 3.8) is 0 Å². The van der Waals surface area contributed by atoms with Crippen molar-refractivity contribution in [1.29, 1.82) is 0 Å². The zero-order chi connectivity index (χ0) is 8.48. The van der Waals surface area contributed by atoms with E-state index in [-0.39, 0.29) is 0 Å². The molecule has 1 heterocycles. The lowest BCUT2D eigenvalue weighted by molar-refractivity contribution is -0.0313. The molecule has 1 aliphatic rings. The quantitative estimate of drug-likeness (QED) is 0.467. The number of hydrogen-bond donors (Lipinski definition) is 3. The third-order valence-corrected chi connectivity index (χ3v) is 2.44. The Bertz CT molecular complexity index is 163. The Balaban J connectivity index is 2.78. The standard InChI is InChI=1S/C5H8O5P/c6-1-4-5(8,11-9)3(7)2-10-4/h2-4,6-8H,1H2/t3-,4+,5+/m0/s1. The van der Waals surface area contributed by atoms with Crippen LogP contribution in [0.5, 0.6) is 0 Å².